The molecule has 2 rings (SSSR count). The molecule has 2 nitrogen and oxygen atoms in total. The lowest BCUT2D eigenvalue weighted by atomic mass is 10.1. The van der Waals surface area contributed by atoms with Crippen LogP contribution in [0.5, 0.6) is 0 Å². The van der Waals surface area contributed by atoms with Gasteiger partial charge in [0.1, 0.15) is 11.5 Å². The van der Waals surface area contributed by atoms with Crippen molar-refractivity contribution in [2.24, 2.45) is 0 Å². The molecule has 64 valence electrons. The molecule has 0 radical (unpaired) electrons. The van der Waals surface area contributed by atoms with Gasteiger partial charge in [0.25, 0.3) is 0 Å². The Morgan fingerprint density at radius 1 is 1.31 bits per heavy atom. The predicted molar refractivity (Wildman–Crippen MR) is 47.1 cm³/mol. The summed E-state index contributed by atoms with van der Waals surface area (Å²) in [4.78, 5) is 14.4. The highest BCUT2D eigenvalue weighted by Gasteiger charge is 2.01. The second-order valence-electron chi connectivity index (χ2n) is 2.68. The van der Waals surface area contributed by atoms with Crippen molar-refractivity contribution >= 4 is 17.1 Å². The number of carbonyl (C=O) groups is 1. The summed E-state index contributed by atoms with van der Waals surface area (Å²) < 4.78 is 12.8. The molecule has 1 aromatic heterocycles. The summed E-state index contributed by atoms with van der Waals surface area (Å²) >= 11 is 0. The van der Waals surface area contributed by atoms with Crippen molar-refractivity contribution in [1.82, 2.24) is 4.98 Å². The van der Waals surface area contributed by atoms with Gasteiger partial charge >= 0.3 is 0 Å². The van der Waals surface area contributed by atoms with Crippen molar-refractivity contribution in [3.05, 3.63) is 42.0 Å². The summed E-state index contributed by atoms with van der Waals surface area (Å²) in [6.07, 6.45) is 2.16. The van der Waals surface area contributed by atoms with Gasteiger partial charge in [-0.05, 0) is 23.6 Å². The third-order valence-electron chi connectivity index (χ3n) is 1.87. The smallest absolute Gasteiger partial charge is 0.169 e. The van der Waals surface area contributed by atoms with Crippen molar-refractivity contribution in [2.45, 2.75) is 0 Å². The Hall–Kier alpha value is -1.77. The summed E-state index contributed by atoms with van der Waals surface area (Å²) in [5, 5.41) is 1.37. The Balaban J connectivity index is 2.86. The van der Waals surface area contributed by atoms with Crippen LogP contribution in [0.1, 0.15) is 10.5 Å². The lowest BCUT2D eigenvalue weighted by Gasteiger charge is -1.98. The van der Waals surface area contributed by atoms with E-state index in [4.69, 9.17) is 0 Å². The van der Waals surface area contributed by atoms with Crippen LogP contribution in [0.2, 0.25) is 0 Å². The number of fused-ring (bicyclic) bond motifs is 1. The molecular weight excluding hydrogens is 169 g/mol. The molecular formula is C10H6FNO. The van der Waals surface area contributed by atoms with Crippen LogP contribution >= 0.6 is 0 Å². The molecule has 1 heterocycles. The van der Waals surface area contributed by atoms with E-state index in [1.807, 2.05) is 0 Å². The van der Waals surface area contributed by atoms with Crippen molar-refractivity contribution in [3.63, 3.8) is 0 Å². The van der Waals surface area contributed by atoms with E-state index in [9.17, 15) is 9.18 Å². The van der Waals surface area contributed by atoms with Crippen LogP contribution in [0.15, 0.2) is 30.5 Å². The fourth-order valence-corrected chi connectivity index (χ4v) is 1.26. The molecule has 0 bridgehead atoms. The van der Waals surface area contributed by atoms with Gasteiger partial charge in [-0.2, -0.15) is 0 Å². The lowest BCUT2D eigenvalue weighted by molar-refractivity contribution is 0.112. The average Bonchev–Trinajstić information content (AvgIpc) is 2.17. The van der Waals surface area contributed by atoms with Crippen molar-refractivity contribution in [3.8, 4) is 0 Å². The van der Waals surface area contributed by atoms with Crippen LogP contribution in [0.25, 0.3) is 10.8 Å². The molecule has 0 atom stereocenters. The number of carbonyl (C=O) groups excluding carboxylic acids is 1. The number of rotatable bonds is 1. The number of hydrogen-bond donors (Lipinski definition) is 0. The largest absolute Gasteiger partial charge is 0.296 e. The summed E-state index contributed by atoms with van der Waals surface area (Å²) in [5.41, 5.74) is 0.275. The average molecular weight is 175 g/mol. The number of benzene rings is 1. The molecule has 2 aromatic rings. The number of halogens is 1. The van der Waals surface area contributed by atoms with E-state index >= 15 is 0 Å². The van der Waals surface area contributed by atoms with E-state index in [-0.39, 0.29) is 11.5 Å². The minimum Gasteiger partial charge on any atom is -0.296 e. The molecule has 13 heavy (non-hydrogen) atoms. The highest BCUT2D eigenvalue weighted by Crippen LogP contribution is 2.16. The van der Waals surface area contributed by atoms with Gasteiger partial charge in [0.2, 0.25) is 0 Å². The number of nitrogens with zero attached hydrogens (tertiary/aromatic N) is 1. The first kappa shape index (κ1) is 7.86. The molecule has 0 saturated heterocycles. The summed E-state index contributed by atoms with van der Waals surface area (Å²) in [5.74, 6) is -0.358. The second kappa shape index (κ2) is 2.94. The molecule has 1 aromatic carbocycles. The zero-order chi connectivity index (χ0) is 9.26. The van der Waals surface area contributed by atoms with Gasteiger partial charge in [0.05, 0.1) is 0 Å². The Morgan fingerprint density at radius 3 is 2.92 bits per heavy atom. The standard InChI is InChI=1S/C10H6FNO/c11-8-2-1-7-3-4-12-10(6-13)9(7)5-8/h1-6H. The van der Waals surface area contributed by atoms with Crippen LogP contribution in [0.4, 0.5) is 4.39 Å². The first-order valence-electron chi connectivity index (χ1n) is 3.81. The third-order valence-corrected chi connectivity index (χ3v) is 1.87. The minimum atomic E-state index is -0.358. The molecule has 0 N–H and O–H groups in total. The first-order chi connectivity index (χ1) is 6.31. The first-order valence-corrected chi connectivity index (χ1v) is 3.81. The third kappa shape index (κ3) is 1.28. The van der Waals surface area contributed by atoms with Gasteiger partial charge < -0.3 is 0 Å². The second-order valence-corrected chi connectivity index (χ2v) is 2.68. The Bertz CT molecular complexity index is 467. The lowest BCUT2D eigenvalue weighted by Crippen LogP contribution is -1.88. The maximum Gasteiger partial charge on any atom is 0.169 e. The normalized spacial score (nSPS) is 10.2. The van der Waals surface area contributed by atoms with Crippen molar-refractivity contribution in [2.75, 3.05) is 0 Å². The number of aromatic nitrogens is 1. The number of pyridine rings is 1. The molecule has 0 aliphatic heterocycles. The van der Waals surface area contributed by atoms with Crippen molar-refractivity contribution in [1.29, 1.82) is 0 Å². The topological polar surface area (TPSA) is 30.0 Å². The summed E-state index contributed by atoms with van der Waals surface area (Å²) in [6, 6.07) is 6.03. The van der Waals surface area contributed by atoms with E-state index in [2.05, 4.69) is 4.98 Å². The molecule has 0 aliphatic carbocycles. The number of hydrogen-bond acceptors (Lipinski definition) is 2. The molecule has 3 heteroatoms. The van der Waals surface area contributed by atoms with Crippen LogP contribution < -0.4 is 0 Å². The van der Waals surface area contributed by atoms with Crippen LogP contribution in [0, 0.1) is 5.82 Å². The summed E-state index contributed by atoms with van der Waals surface area (Å²) in [6.45, 7) is 0. The fraction of sp³-hybridized carbons (Fsp3) is 0. The van der Waals surface area contributed by atoms with Gasteiger partial charge in [0.15, 0.2) is 6.29 Å². The maximum atomic E-state index is 12.8. The molecule has 0 unspecified atom stereocenters. The van der Waals surface area contributed by atoms with E-state index in [1.54, 1.807) is 12.1 Å². The summed E-state index contributed by atoms with van der Waals surface area (Å²) in [7, 11) is 0. The Morgan fingerprint density at radius 2 is 2.15 bits per heavy atom. The van der Waals surface area contributed by atoms with E-state index in [1.165, 1.54) is 18.3 Å². The quantitative estimate of drug-likeness (QED) is 0.622. The van der Waals surface area contributed by atoms with E-state index in [0.29, 0.717) is 11.7 Å². The zero-order valence-corrected chi connectivity index (χ0v) is 6.70. The highest BCUT2D eigenvalue weighted by molar-refractivity contribution is 5.95. The van der Waals surface area contributed by atoms with Crippen molar-refractivity contribution < 1.29 is 9.18 Å². The zero-order valence-electron chi connectivity index (χ0n) is 6.70. The Kier molecular flexibility index (Phi) is 1.77. The van der Waals surface area contributed by atoms with Gasteiger partial charge in [-0.1, -0.05) is 6.07 Å². The van der Waals surface area contributed by atoms with Gasteiger partial charge in [0, 0.05) is 11.6 Å². The molecule has 0 aliphatic rings. The highest BCUT2D eigenvalue weighted by atomic mass is 19.1. The van der Waals surface area contributed by atoms with Gasteiger partial charge in [-0.15, -0.1) is 0 Å². The fourth-order valence-electron chi connectivity index (χ4n) is 1.26. The maximum absolute atomic E-state index is 12.8. The molecule has 0 fully saturated rings. The minimum absolute atomic E-state index is 0.275. The van der Waals surface area contributed by atoms with Gasteiger partial charge in [-0.25, -0.2) is 4.39 Å². The molecule has 0 amide bonds. The Labute approximate surface area is 74.0 Å². The number of aldehydes is 1. The molecule has 0 saturated carbocycles. The SMILES string of the molecule is O=Cc1nccc2ccc(F)cc12. The predicted octanol–water partition coefficient (Wildman–Crippen LogP) is 2.19. The van der Waals surface area contributed by atoms with Gasteiger partial charge in [-0.3, -0.25) is 9.78 Å². The van der Waals surface area contributed by atoms with Crippen LogP contribution in [-0.2, 0) is 0 Å². The van der Waals surface area contributed by atoms with E-state index < -0.39 is 0 Å². The molecule has 0 spiro atoms. The monoisotopic (exact) mass is 175 g/mol. The van der Waals surface area contributed by atoms with Crippen LogP contribution in [-0.4, -0.2) is 11.3 Å². The van der Waals surface area contributed by atoms with E-state index in [0.717, 1.165) is 5.39 Å². The van der Waals surface area contributed by atoms with Crippen LogP contribution in [0.3, 0.4) is 0 Å².